The molecule has 1 heterocycles. The predicted molar refractivity (Wildman–Crippen MR) is 68.3 cm³/mol. The normalized spacial score (nSPS) is 21.9. The molecule has 1 aliphatic rings. The van der Waals surface area contributed by atoms with Crippen molar-refractivity contribution in [3.8, 4) is 0 Å². The third-order valence-electron chi connectivity index (χ3n) is 3.38. The number of rotatable bonds is 4. The number of aliphatic hydroxyl groups is 1. The second-order valence-electron chi connectivity index (χ2n) is 4.64. The molecule has 0 aliphatic carbocycles. The van der Waals surface area contributed by atoms with Gasteiger partial charge in [0, 0.05) is 0 Å². The van der Waals surface area contributed by atoms with E-state index in [0.717, 1.165) is 44.6 Å². The summed E-state index contributed by atoms with van der Waals surface area (Å²) in [5.74, 6) is 0. The van der Waals surface area contributed by atoms with Gasteiger partial charge in [-0.15, -0.1) is 0 Å². The Morgan fingerprint density at radius 1 is 1.50 bits per heavy atom. The van der Waals surface area contributed by atoms with E-state index >= 15 is 0 Å². The number of benzene rings is 1. The Balaban J connectivity index is 1.98. The minimum atomic E-state index is -0.405. The van der Waals surface area contributed by atoms with Crippen molar-refractivity contribution in [3.63, 3.8) is 0 Å². The van der Waals surface area contributed by atoms with Crippen molar-refractivity contribution in [1.82, 2.24) is 2.71 Å². The zero-order valence-electron chi connectivity index (χ0n) is 10.0. The zero-order valence-corrected chi connectivity index (χ0v) is 14.5. The molecular weight excluding hydrogens is 425 g/mol. The molecule has 94 valence electrons. The summed E-state index contributed by atoms with van der Waals surface area (Å²) < 4.78 is 2.34. The fourth-order valence-corrected chi connectivity index (χ4v) is 4.42. The molecule has 0 amide bonds. The van der Waals surface area contributed by atoms with Crippen LogP contribution in [-0.2, 0) is 6.42 Å². The van der Waals surface area contributed by atoms with Crippen LogP contribution >= 0.6 is 0 Å². The molecule has 2 rings (SSSR count). The van der Waals surface area contributed by atoms with Crippen LogP contribution in [0.2, 0.25) is 0 Å². The average Bonchev–Trinajstić information content (AvgIpc) is 2.76. The minimum absolute atomic E-state index is 0.0973. The van der Waals surface area contributed by atoms with E-state index in [1.54, 1.807) is 12.1 Å². The number of aliphatic hydroxyl groups excluding tert-OH is 1. The van der Waals surface area contributed by atoms with Gasteiger partial charge in [0.15, 0.2) is 0 Å². The summed E-state index contributed by atoms with van der Waals surface area (Å²) >= 11 is 0.772. The fraction of sp³-hybridized carbons (Fsp3) is 0.500. The van der Waals surface area contributed by atoms with E-state index in [0.29, 0.717) is 6.42 Å². The third kappa shape index (κ3) is 3.27. The Morgan fingerprint density at radius 2 is 2.17 bits per heavy atom. The Labute approximate surface area is 122 Å². The molecule has 0 radical (unpaired) electrons. The zero-order chi connectivity index (χ0) is 13.1. The van der Waals surface area contributed by atoms with E-state index in [4.69, 9.17) is 0 Å². The van der Waals surface area contributed by atoms with E-state index in [1.165, 1.54) is 18.6 Å². The molecule has 5 nitrogen and oxygen atoms in total. The van der Waals surface area contributed by atoms with Crippen molar-refractivity contribution in [2.45, 2.75) is 31.4 Å². The standard InChI is InChI=1S/C12H15N2O3.Tl/c15-12(11-2-1-7-13-11)8-9-3-5-10(6-4-9)14(16)17;/h3-6,11-12,15H,1-2,7-8H2;/q-1;+1/t11-,12+;/m0./s1. The van der Waals surface area contributed by atoms with Crippen molar-refractivity contribution in [2.24, 2.45) is 0 Å². The predicted octanol–water partition coefficient (Wildman–Crippen LogP) is 1.05. The van der Waals surface area contributed by atoms with E-state index in [1.807, 2.05) is 0 Å². The Bertz CT molecular complexity index is 424. The summed E-state index contributed by atoms with van der Waals surface area (Å²) in [4.78, 5) is 10.1. The first-order valence-corrected chi connectivity index (χ1v) is 8.01. The summed E-state index contributed by atoms with van der Waals surface area (Å²) in [6, 6.07) is 6.74. The van der Waals surface area contributed by atoms with Crippen LogP contribution in [0, 0.1) is 10.1 Å². The van der Waals surface area contributed by atoms with E-state index in [9.17, 15) is 15.2 Å². The molecule has 0 saturated carbocycles. The monoisotopic (exact) mass is 440 g/mol. The molecular formula is C12H15N2O3Tl. The van der Waals surface area contributed by atoms with Gasteiger partial charge < -0.3 is 0 Å². The maximum absolute atomic E-state index is 10.5. The molecule has 2 atom stereocenters. The van der Waals surface area contributed by atoms with Crippen molar-refractivity contribution in [1.29, 1.82) is 0 Å². The van der Waals surface area contributed by atoms with Crippen LogP contribution < -0.4 is 0 Å². The molecule has 1 saturated heterocycles. The second-order valence-corrected chi connectivity index (χ2v) is 7.22. The number of hydrogen-bond acceptors (Lipinski definition) is 4. The SMILES string of the molecule is O=[N+]([O-])c1ccc(C[C@@H](O)[C@@H]2CCC[N]2[Tl])cc1. The van der Waals surface area contributed by atoms with Gasteiger partial charge in [0.2, 0.25) is 0 Å². The van der Waals surface area contributed by atoms with Crippen LogP contribution in [0.5, 0.6) is 0 Å². The first kappa shape index (κ1) is 13.9. The first-order chi connectivity index (χ1) is 8.58. The van der Waals surface area contributed by atoms with Gasteiger partial charge in [-0.25, -0.2) is 0 Å². The van der Waals surface area contributed by atoms with Gasteiger partial charge in [0.1, 0.15) is 0 Å². The van der Waals surface area contributed by atoms with Crippen LogP contribution in [0.4, 0.5) is 5.69 Å². The van der Waals surface area contributed by atoms with Gasteiger partial charge in [0.25, 0.3) is 0 Å². The van der Waals surface area contributed by atoms with E-state index in [-0.39, 0.29) is 17.8 Å². The van der Waals surface area contributed by atoms with Gasteiger partial charge in [-0.1, -0.05) is 0 Å². The summed E-state index contributed by atoms with van der Waals surface area (Å²) in [5.41, 5.74) is 1.05. The molecule has 6 heteroatoms. The van der Waals surface area contributed by atoms with Gasteiger partial charge in [-0.2, -0.15) is 0 Å². The number of hydrogen-bond donors (Lipinski definition) is 1. The van der Waals surface area contributed by atoms with Crippen molar-refractivity contribution in [2.75, 3.05) is 6.54 Å². The van der Waals surface area contributed by atoms with Crippen molar-refractivity contribution in [3.05, 3.63) is 39.9 Å². The molecule has 1 aliphatic heterocycles. The maximum atomic E-state index is 10.5. The molecule has 0 unspecified atom stereocenters. The second kappa shape index (κ2) is 6.07. The van der Waals surface area contributed by atoms with Crippen LogP contribution in [0.1, 0.15) is 18.4 Å². The van der Waals surface area contributed by atoms with Crippen LogP contribution in [0.15, 0.2) is 24.3 Å². The summed E-state index contributed by atoms with van der Waals surface area (Å²) in [6.07, 6.45) is 2.44. The number of nitrogens with zero attached hydrogens (tertiary/aromatic N) is 2. The fourth-order valence-electron chi connectivity index (χ4n) is 2.36. The third-order valence-corrected chi connectivity index (χ3v) is 5.87. The molecule has 0 spiro atoms. The number of non-ortho nitro benzene ring substituents is 1. The van der Waals surface area contributed by atoms with Gasteiger partial charge in [-0.3, -0.25) is 0 Å². The quantitative estimate of drug-likeness (QED) is 0.433. The van der Waals surface area contributed by atoms with Gasteiger partial charge in [0.05, 0.1) is 0 Å². The summed E-state index contributed by atoms with van der Waals surface area (Å²) in [6.45, 7) is 1.10. The molecule has 1 aromatic rings. The first-order valence-electron chi connectivity index (χ1n) is 6.00. The Morgan fingerprint density at radius 3 is 2.67 bits per heavy atom. The molecule has 0 aromatic heterocycles. The summed E-state index contributed by atoms with van der Waals surface area (Å²) in [5, 5.41) is 20.7. The van der Waals surface area contributed by atoms with Gasteiger partial charge >= 0.3 is 122 Å². The van der Waals surface area contributed by atoms with E-state index < -0.39 is 4.92 Å². The average molecular weight is 440 g/mol. The summed E-state index contributed by atoms with van der Waals surface area (Å²) in [7, 11) is 0. The molecule has 0 bridgehead atoms. The van der Waals surface area contributed by atoms with E-state index in [2.05, 4.69) is 2.71 Å². The molecule has 1 aromatic carbocycles. The molecule has 1 fully saturated rings. The van der Waals surface area contributed by atoms with Crippen LogP contribution in [-0.4, -0.2) is 57.5 Å². The Kier molecular flexibility index (Phi) is 4.68. The molecule has 18 heavy (non-hydrogen) atoms. The van der Waals surface area contributed by atoms with Crippen LogP contribution in [0.3, 0.4) is 0 Å². The molecule has 1 N–H and O–H groups in total. The van der Waals surface area contributed by atoms with Crippen molar-refractivity contribution < 1.29 is 10.0 Å². The topological polar surface area (TPSA) is 66.6 Å². The van der Waals surface area contributed by atoms with Crippen LogP contribution in [0.25, 0.3) is 0 Å². The number of nitro groups is 1. The van der Waals surface area contributed by atoms with Gasteiger partial charge in [-0.05, 0) is 0 Å². The van der Waals surface area contributed by atoms with Crippen molar-refractivity contribution >= 4 is 31.8 Å². The number of nitro benzene ring substituents is 1. The Hall–Kier alpha value is -0.538.